The van der Waals surface area contributed by atoms with Gasteiger partial charge in [-0.15, -0.1) is 0 Å². The summed E-state index contributed by atoms with van der Waals surface area (Å²) >= 11 is 1.45. The minimum absolute atomic E-state index is 0.199. The van der Waals surface area contributed by atoms with Gasteiger partial charge in [-0.25, -0.2) is 14.8 Å². The minimum atomic E-state index is -0.581. The zero-order chi connectivity index (χ0) is 14.3. The summed E-state index contributed by atoms with van der Waals surface area (Å²) in [6, 6.07) is 1.76. The lowest BCUT2D eigenvalue weighted by atomic mass is 9.91. The second kappa shape index (κ2) is 7.08. The van der Waals surface area contributed by atoms with Gasteiger partial charge in [0.2, 0.25) is 0 Å². The molecule has 1 aromatic rings. The molecule has 19 heavy (non-hydrogen) atoms. The maximum atomic E-state index is 11.0. The standard InChI is InChI=1S/C12H18N4O2S/c1-12(2,3)9(16-18-11(17)13-4)8-19-10-14-6-5-7-15-10/h5-7H,8H2,1-4H3,(H,13,17). The molecule has 1 heterocycles. The van der Waals surface area contributed by atoms with Gasteiger partial charge in [-0.05, 0) is 6.07 Å². The molecule has 6 nitrogen and oxygen atoms in total. The van der Waals surface area contributed by atoms with Crippen LogP contribution in [0.4, 0.5) is 4.79 Å². The predicted molar refractivity (Wildman–Crippen MR) is 75.2 cm³/mol. The fraction of sp³-hybridized carbons (Fsp3) is 0.500. The van der Waals surface area contributed by atoms with Crippen LogP contribution in [0.15, 0.2) is 28.8 Å². The van der Waals surface area contributed by atoms with Gasteiger partial charge in [0.25, 0.3) is 0 Å². The number of carbonyl (C=O) groups is 1. The molecule has 1 aromatic heterocycles. The molecule has 0 aliphatic carbocycles. The fourth-order valence-corrected chi connectivity index (χ4v) is 2.04. The maximum Gasteiger partial charge on any atom is 0.433 e. The summed E-state index contributed by atoms with van der Waals surface area (Å²) in [5, 5.41) is 6.92. The lowest BCUT2D eigenvalue weighted by Gasteiger charge is -2.19. The third kappa shape index (κ3) is 5.69. The first-order chi connectivity index (χ1) is 8.93. The molecule has 0 radical (unpaired) electrons. The SMILES string of the molecule is CNC(=O)ON=C(CSc1ncccn1)C(C)(C)C. The first-order valence-corrected chi connectivity index (χ1v) is 6.78. The van der Waals surface area contributed by atoms with Crippen LogP contribution in [-0.2, 0) is 4.84 Å². The third-order valence-electron chi connectivity index (χ3n) is 2.19. The highest BCUT2D eigenvalue weighted by Crippen LogP contribution is 2.22. The second-order valence-electron chi connectivity index (χ2n) is 4.74. The Bertz CT molecular complexity index is 443. The zero-order valence-electron chi connectivity index (χ0n) is 11.5. The van der Waals surface area contributed by atoms with Gasteiger partial charge >= 0.3 is 6.09 Å². The van der Waals surface area contributed by atoms with Crippen LogP contribution in [0.25, 0.3) is 0 Å². The van der Waals surface area contributed by atoms with E-state index in [1.54, 1.807) is 18.5 Å². The Balaban J connectivity index is 2.68. The van der Waals surface area contributed by atoms with E-state index in [9.17, 15) is 4.79 Å². The quantitative estimate of drug-likeness (QED) is 0.301. The van der Waals surface area contributed by atoms with E-state index in [2.05, 4.69) is 20.4 Å². The van der Waals surface area contributed by atoms with E-state index >= 15 is 0 Å². The molecular weight excluding hydrogens is 264 g/mol. The topological polar surface area (TPSA) is 76.5 Å². The molecular formula is C12H18N4O2S. The highest BCUT2D eigenvalue weighted by atomic mass is 32.2. The molecule has 0 fully saturated rings. The van der Waals surface area contributed by atoms with E-state index in [0.717, 1.165) is 5.71 Å². The number of oxime groups is 1. The van der Waals surface area contributed by atoms with Gasteiger partial charge in [-0.3, -0.25) is 4.84 Å². The highest BCUT2D eigenvalue weighted by Gasteiger charge is 2.21. The van der Waals surface area contributed by atoms with Crippen molar-refractivity contribution in [2.45, 2.75) is 25.9 Å². The van der Waals surface area contributed by atoms with Gasteiger partial charge in [0.1, 0.15) is 0 Å². The Morgan fingerprint density at radius 3 is 2.58 bits per heavy atom. The number of nitrogens with zero attached hydrogens (tertiary/aromatic N) is 3. The summed E-state index contributed by atoms with van der Waals surface area (Å²) in [7, 11) is 1.49. The maximum absolute atomic E-state index is 11.0. The van der Waals surface area contributed by atoms with Crippen molar-refractivity contribution in [1.29, 1.82) is 0 Å². The second-order valence-corrected chi connectivity index (χ2v) is 5.68. The minimum Gasteiger partial charge on any atom is -0.323 e. The Morgan fingerprint density at radius 2 is 2.05 bits per heavy atom. The molecule has 0 spiro atoms. The Labute approximate surface area is 117 Å². The van der Waals surface area contributed by atoms with Gasteiger partial charge in [0.15, 0.2) is 5.16 Å². The van der Waals surface area contributed by atoms with Crippen molar-refractivity contribution < 1.29 is 9.63 Å². The molecule has 0 aliphatic heterocycles. The summed E-state index contributed by atoms with van der Waals surface area (Å²) in [5.41, 5.74) is 0.559. The van der Waals surface area contributed by atoms with Crippen molar-refractivity contribution in [2.75, 3.05) is 12.8 Å². The molecule has 1 N–H and O–H groups in total. The van der Waals surface area contributed by atoms with Crippen LogP contribution < -0.4 is 5.32 Å². The molecule has 1 amide bonds. The molecule has 104 valence electrons. The van der Waals surface area contributed by atoms with E-state index in [1.165, 1.54) is 18.8 Å². The van der Waals surface area contributed by atoms with Gasteiger partial charge in [-0.1, -0.05) is 37.7 Å². The Morgan fingerprint density at radius 1 is 1.42 bits per heavy atom. The Hall–Kier alpha value is -1.63. The molecule has 0 unspecified atom stereocenters. The number of amides is 1. The van der Waals surface area contributed by atoms with Crippen LogP contribution in [-0.4, -0.2) is 34.6 Å². The van der Waals surface area contributed by atoms with Gasteiger partial charge in [0, 0.05) is 30.6 Å². The predicted octanol–water partition coefficient (Wildman–Crippen LogP) is 2.33. The van der Waals surface area contributed by atoms with Gasteiger partial charge in [-0.2, -0.15) is 0 Å². The van der Waals surface area contributed by atoms with E-state index in [-0.39, 0.29) is 5.41 Å². The van der Waals surface area contributed by atoms with E-state index in [4.69, 9.17) is 4.84 Å². The monoisotopic (exact) mass is 282 g/mol. The fourth-order valence-electron chi connectivity index (χ4n) is 1.01. The van der Waals surface area contributed by atoms with Crippen molar-refractivity contribution >= 4 is 23.6 Å². The number of aromatic nitrogens is 2. The molecule has 0 aliphatic rings. The highest BCUT2D eigenvalue weighted by molar-refractivity contribution is 7.99. The summed E-state index contributed by atoms with van der Waals surface area (Å²) in [4.78, 5) is 24.0. The van der Waals surface area contributed by atoms with Crippen LogP contribution in [0.2, 0.25) is 0 Å². The zero-order valence-corrected chi connectivity index (χ0v) is 12.3. The largest absolute Gasteiger partial charge is 0.433 e. The van der Waals surface area contributed by atoms with Crippen molar-refractivity contribution in [3.05, 3.63) is 18.5 Å². The first kappa shape index (κ1) is 15.4. The molecule has 0 saturated heterocycles. The smallest absolute Gasteiger partial charge is 0.323 e. The average Bonchev–Trinajstić information content (AvgIpc) is 2.38. The third-order valence-corrected chi connectivity index (χ3v) is 3.08. The molecule has 7 heteroatoms. The number of carbonyl (C=O) groups excluding carboxylic acids is 1. The number of hydrogen-bond donors (Lipinski definition) is 1. The van der Waals surface area contributed by atoms with Crippen molar-refractivity contribution in [3.8, 4) is 0 Å². The van der Waals surface area contributed by atoms with Crippen LogP contribution in [0.3, 0.4) is 0 Å². The van der Waals surface area contributed by atoms with E-state index in [1.807, 2.05) is 20.8 Å². The van der Waals surface area contributed by atoms with Crippen LogP contribution in [0.5, 0.6) is 0 Å². The lowest BCUT2D eigenvalue weighted by Crippen LogP contribution is -2.25. The molecule has 1 rings (SSSR count). The van der Waals surface area contributed by atoms with Crippen molar-refractivity contribution in [2.24, 2.45) is 10.6 Å². The summed E-state index contributed by atoms with van der Waals surface area (Å²) in [6.07, 6.45) is 2.79. The molecule has 0 saturated carbocycles. The van der Waals surface area contributed by atoms with Gasteiger partial charge in [0.05, 0.1) is 5.71 Å². The Kier molecular flexibility index (Phi) is 5.75. The normalized spacial score (nSPS) is 12.1. The molecule has 0 bridgehead atoms. The average molecular weight is 282 g/mol. The number of rotatable bonds is 4. The number of thioether (sulfide) groups is 1. The van der Waals surface area contributed by atoms with Gasteiger partial charge < -0.3 is 5.32 Å². The van der Waals surface area contributed by atoms with E-state index in [0.29, 0.717) is 10.9 Å². The first-order valence-electron chi connectivity index (χ1n) is 5.79. The van der Waals surface area contributed by atoms with E-state index < -0.39 is 6.09 Å². The van der Waals surface area contributed by atoms with Crippen LogP contribution in [0.1, 0.15) is 20.8 Å². The number of nitrogens with one attached hydrogen (secondary N) is 1. The summed E-state index contributed by atoms with van der Waals surface area (Å²) in [5.74, 6) is 0.560. The molecule has 0 aromatic carbocycles. The molecule has 0 atom stereocenters. The number of hydrogen-bond acceptors (Lipinski definition) is 6. The lowest BCUT2D eigenvalue weighted by molar-refractivity contribution is 0.152. The summed E-state index contributed by atoms with van der Waals surface area (Å²) in [6.45, 7) is 6.02. The van der Waals surface area contributed by atoms with Crippen LogP contribution in [0, 0.1) is 5.41 Å². The van der Waals surface area contributed by atoms with Crippen molar-refractivity contribution in [1.82, 2.24) is 15.3 Å². The van der Waals surface area contributed by atoms with Crippen molar-refractivity contribution in [3.63, 3.8) is 0 Å². The summed E-state index contributed by atoms with van der Waals surface area (Å²) < 4.78 is 0. The van der Waals surface area contributed by atoms with Crippen LogP contribution >= 0.6 is 11.8 Å².